The van der Waals surface area contributed by atoms with Crippen LogP contribution in [-0.4, -0.2) is 21.3 Å². The smallest absolute Gasteiger partial charge is 0.175 e. The van der Waals surface area contributed by atoms with Crippen LogP contribution in [0.3, 0.4) is 0 Å². The van der Waals surface area contributed by atoms with Crippen LogP contribution in [0.15, 0.2) is 59.2 Å². The molecule has 1 aromatic heterocycles. The Hall–Kier alpha value is -3.14. The number of aryl methyl sites for hydroxylation is 2. The number of methoxy groups -OCH3 is 3. The van der Waals surface area contributed by atoms with Crippen molar-refractivity contribution in [1.29, 1.82) is 0 Å². The number of hydrogen-bond acceptors (Lipinski definition) is 4. The summed E-state index contributed by atoms with van der Waals surface area (Å²) in [4.78, 5) is 0. The third kappa shape index (κ3) is 5.32. The lowest BCUT2D eigenvalue weighted by atomic mass is 9.82. The van der Waals surface area contributed by atoms with Gasteiger partial charge in [-0.3, -0.25) is 0 Å². The van der Waals surface area contributed by atoms with Crippen LogP contribution in [-0.2, 0) is 24.7 Å². The Labute approximate surface area is 204 Å². The van der Waals surface area contributed by atoms with Gasteiger partial charge in [0.2, 0.25) is 0 Å². The maximum atomic E-state index is 5.74. The Morgan fingerprint density at radius 2 is 1.62 bits per heavy atom. The molecule has 0 spiro atoms. The molecular formula is C30H38O4. The number of allylic oxidation sites excluding steroid dienone is 3. The van der Waals surface area contributed by atoms with Gasteiger partial charge >= 0.3 is 0 Å². The molecule has 0 aliphatic heterocycles. The van der Waals surface area contributed by atoms with Crippen molar-refractivity contribution in [3.63, 3.8) is 0 Å². The summed E-state index contributed by atoms with van der Waals surface area (Å²) in [5.74, 6) is 2.46. The lowest BCUT2D eigenvalue weighted by Crippen LogP contribution is -2.15. The average molecular weight is 463 g/mol. The van der Waals surface area contributed by atoms with Gasteiger partial charge in [0, 0.05) is 22.4 Å². The number of furan rings is 1. The normalized spacial score (nSPS) is 11.4. The molecule has 0 aliphatic carbocycles. The summed E-state index contributed by atoms with van der Waals surface area (Å²) in [5.41, 5.74) is 6.81. The molecule has 0 saturated heterocycles. The van der Waals surface area contributed by atoms with Crippen molar-refractivity contribution in [2.45, 2.75) is 58.8 Å². The highest BCUT2D eigenvalue weighted by Gasteiger charge is 2.23. The molecular weight excluding hydrogens is 424 g/mol. The molecule has 182 valence electrons. The summed E-state index contributed by atoms with van der Waals surface area (Å²) in [6.07, 6.45) is 9.65. The Balaban J connectivity index is 1.93. The predicted octanol–water partition coefficient (Wildman–Crippen LogP) is 7.61. The molecule has 1 heterocycles. The Kier molecular flexibility index (Phi) is 8.14. The predicted molar refractivity (Wildman–Crippen MR) is 141 cm³/mol. The second-order valence-corrected chi connectivity index (χ2v) is 9.51. The summed E-state index contributed by atoms with van der Waals surface area (Å²) in [6, 6.07) is 8.39. The van der Waals surface area contributed by atoms with Crippen LogP contribution in [0, 0.1) is 0 Å². The van der Waals surface area contributed by atoms with E-state index in [2.05, 4.69) is 52.5 Å². The molecule has 0 saturated carbocycles. The molecule has 0 unspecified atom stereocenters. The third-order valence-corrected chi connectivity index (χ3v) is 6.54. The summed E-state index contributed by atoms with van der Waals surface area (Å²) >= 11 is 0. The van der Waals surface area contributed by atoms with E-state index in [0.29, 0.717) is 0 Å². The Bertz CT molecular complexity index is 1180. The number of rotatable bonds is 11. The number of ether oxygens (including phenoxy) is 3. The van der Waals surface area contributed by atoms with Crippen molar-refractivity contribution >= 4 is 11.0 Å². The standard InChI is InChI=1S/C30H38O4/c1-9-30(4,5)25-17-22(26(31-6)19-27(25)32-7)12-10-11-21-18-28(33-8)29-24(15-16-34-29)23(21)14-13-20(2)3/h9,13,15-19H,1,10-12,14H2,2-8H3. The molecule has 0 fully saturated rings. The third-order valence-electron chi connectivity index (χ3n) is 6.54. The molecule has 0 radical (unpaired) electrons. The van der Waals surface area contributed by atoms with Gasteiger partial charge in [0.1, 0.15) is 11.5 Å². The van der Waals surface area contributed by atoms with Gasteiger partial charge in [0.15, 0.2) is 11.3 Å². The molecule has 3 aromatic rings. The summed E-state index contributed by atoms with van der Waals surface area (Å²) in [5, 5.41) is 1.13. The summed E-state index contributed by atoms with van der Waals surface area (Å²) < 4.78 is 22.8. The minimum Gasteiger partial charge on any atom is -0.496 e. The van der Waals surface area contributed by atoms with Crippen LogP contribution in [0.5, 0.6) is 17.2 Å². The molecule has 2 aromatic carbocycles. The van der Waals surface area contributed by atoms with Crippen LogP contribution in [0.2, 0.25) is 0 Å². The fourth-order valence-corrected chi connectivity index (χ4v) is 4.39. The lowest BCUT2D eigenvalue weighted by Gasteiger charge is -2.25. The fraction of sp³-hybridized carbons (Fsp3) is 0.400. The first-order valence-corrected chi connectivity index (χ1v) is 11.8. The average Bonchev–Trinajstić information content (AvgIpc) is 3.32. The van der Waals surface area contributed by atoms with Gasteiger partial charge < -0.3 is 18.6 Å². The zero-order valence-electron chi connectivity index (χ0n) is 21.7. The lowest BCUT2D eigenvalue weighted by molar-refractivity contribution is 0.383. The van der Waals surface area contributed by atoms with Crippen molar-refractivity contribution in [1.82, 2.24) is 0 Å². The quantitative estimate of drug-likeness (QED) is 0.275. The molecule has 0 atom stereocenters. The second kappa shape index (κ2) is 10.9. The summed E-state index contributed by atoms with van der Waals surface area (Å²) in [7, 11) is 5.11. The van der Waals surface area contributed by atoms with Gasteiger partial charge in [-0.1, -0.05) is 31.6 Å². The van der Waals surface area contributed by atoms with Crippen molar-refractivity contribution in [2.24, 2.45) is 0 Å². The van der Waals surface area contributed by atoms with E-state index in [4.69, 9.17) is 18.6 Å². The highest BCUT2D eigenvalue weighted by Crippen LogP contribution is 2.38. The zero-order chi connectivity index (χ0) is 24.9. The first-order valence-electron chi connectivity index (χ1n) is 11.8. The number of fused-ring (bicyclic) bond motifs is 1. The van der Waals surface area contributed by atoms with Crippen LogP contribution in [0.4, 0.5) is 0 Å². The van der Waals surface area contributed by atoms with Gasteiger partial charge in [-0.15, -0.1) is 6.58 Å². The zero-order valence-corrected chi connectivity index (χ0v) is 21.7. The maximum Gasteiger partial charge on any atom is 0.175 e. The molecule has 4 heteroatoms. The van der Waals surface area contributed by atoms with Crippen molar-refractivity contribution in [3.05, 3.63) is 77.1 Å². The first-order chi connectivity index (χ1) is 16.2. The fourth-order valence-electron chi connectivity index (χ4n) is 4.39. The van der Waals surface area contributed by atoms with Crippen molar-refractivity contribution in [2.75, 3.05) is 21.3 Å². The van der Waals surface area contributed by atoms with Crippen LogP contribution < -0.4 is 14.2 Å². The minimum absolute atomic E-state index is 0.205. The number of benzene rings is 2. The first kappa shape index (κ1) is 25.5. The van der Waals surface area contributed by atoms with Crippen molar-refractivity contribution < 1.29 is 18.6 Å². The van der Waals surface area contributed by atoms with Crippen LogP contribution in [0.1, 0.15) is 56.4 Å². The number of hydrogen-bond donors (Lipinski definition) is 0. The SMILES string of the molecule is C=CC(C)(C)c1cc(CCCc2cc(OC)c3occc3c2CC=C(C)C)c(OC)cc1OC. The van der Waals surface area contributed by atoms with Gasteiger partial charge in [0.25, 0.3) is 0 Å². The van der Waals surface area contributed by atoms with E-state index in [0.717, 1.165) is 59.5 Å². The van der Waals surface area contributed by atoms with E-state index >= 15 is 0 Å². The highest BCUT2D eigenvalue weighted by molar-refractivity contribution is 5.88. The van der Waals surface area contributed by atoms with Crippen LogP contribution in [0.25, 0.3) is 11.0 Å². The van der Waals surface area contributed by atoms with Gasteiger partial charge in [0.05, 0.1) is 27.6 Å². The van der Waals surface area contributed by atoms with Gasteiger partial charge in [-0.2, -0.15) is 0 Å². The highest BCUT2D eigenvalue weighted by atomic mass is 16.5. The molecule has 0 bridgehead atoms. The van der Waals surface area contributed by atoms with Crippen molar-refractivity contribution in [3.8, 4) is 17.2 Å². The second-order valence-electron chi connectivity index (χ2n) is 9.51. The van der Waals surface area contributed by atoms with E-state index in [9.17, 15) is 0 Å². The minimum atomic E-state index is -0.205. The molecule has 0 amide bonds. The van der Waals surface area contributed by atoms with E-state index in [-0.39, 0.29) is 5.41 Å². The Morgan fingerprint density at radius 1 is 0.941 bits per heavy atom. The molecule has 4 nitrogen and oxygen atoms in total. The van der Waals surface area contributed by atoms with E-state index in [1.165, 1.54) is 22.3 Å². The maximum absolute atomic E-state index is 5.74. The monoisotopic (exact) mass is 462 g/mol. The molecule has 3 rings (SSSR count). The van der Waals surface area contributed by atoms with Crippen LogP contribution >= 0.6 is 0 Å². The van der Waals surface area contributed by atoms with Gasteiger partial charge in [-0.25, -0.2) is 0 Å². The van der Waals surface area contributed by atoms with E-state index < -0.39 is 0 Å². The molecule has 0 aliphatic rings. The van der Waals surface area contributed by atoms with E-state index in [1.54, 1.807) is 27.6 Å². The topological polar surface area (TPSA) is 40.8 Å². The van der Waals surface area contributed by atoms with E-state index in [1.807, 2.05) is 18.2 Å². The largest absolute Gasteiger partial charge is 0.496 e. The Morgan fingerprint density at radius 3 is 2.24 bits per heavy atom. The summed E-state index contributed by atoms with van der Waals surface area (Å²) in [6.45, 7) is 12.6. The molecule has 0 N–H and O–H groups in total. The molecule has 34 heavy (non-hydrogen) atoms. The van der Waals surface area contributed by atoms with Gasteiger partial charge in [-0.05, 0) is 74.4 Å².